The third-order valence-corrected chi connectivity index (χ3v) is 2.44. The van der Waals surface area contributed by atoms with Crippen molar-refractivity contribution in [1.29, 1.82) is 0 Å². The summed E-state index contributed by atoms with van der Waals surface area (Å²) in [4.78, 5) is 4.36. The lowest BCUT2D eigenvalue weighted by Gasteiger charge is -2.08. The Morgan fingerprint density at radius 1 is 1.59 bits per heavy atom. The van der Waals surface area contributed by atoms with Gasteiger partial charge < -0.3 is 15.6 Å². The number of nitrogens with zero attached hydrogens (tertiary/aromatic N) is 2. The van der Waals surface area contributed by atoms with E-state index in [0.29, 0.717) is 11.5 Å². The number of anilines is 1. The monoisotopic (exact) mass is 248 g/mol. The summed E-state index contributed by atoms with van der Waals surface area (Å²) in [6.07, 6.45) is 3.33. The van der Waals surface area contributed by atoms with Gasteiger partial charge >= 0.3 is 0 Å². The van der Waals surface area contributed by atoms with Crippen molar-refractivity contribution < 1.29 is 4.52 Å². The van der Waals surface area contributed by atoms with E-state index in [2.05, 4.69) is 15.5 Å². The zero-order valence-corrected chi connectivity index (χ0v) is 10.1. The average Bonchev–Trinajstić information content (AvgIpc) is 2.73. The largest absolute Gasteiger partial charge is 0.389 e. The Balaban J connectivity index is 2.11. The maximum atomic E-state index is 5.62. The quantitative estimate of drug-likeness (QED) is 0.801. The maximum Gasteiger partial charge on any atom is 0.156 e. The fourth-order valence-corrected chi connectivity index (χ4v) is 1.61. The number of aryl methyl sites for hydroxylation is 1. The molecule has 6 heteroatoms. The molecular weight excluding hydrogens is 236 g/mol. The molecule has 3 N–H and O–H groups in total. The first kappa shape index (κ1) is 11.5. The molecule has 0 aliphatic heterocycles. The van der Waals surface area contributed by atoms with E-state index in [-0.39, 0.29) is 0 Å². The molecule has 2 aromatic rings. The van der Waals surface area contributed by atoms with Crippen LogP contribution >= 0.6 is 12.2 Å². The van der Waals surface area contributed by atoms with E-state index in [1.807, 2.05) is 13.0 Å². The van der Waals surface area contributed by atoms with Gasteiger partial charge in [-0.05, 0) is 13.0 Å². The predicted octanol–water partition coefficient (Wildman–Crippen LogP) is 1.62. The molecule has 0 amide bonds. The van der Waals surface area contributed by atoms with Crippen molar-refractivity contribution >= 4 is 22.9 Å². The van der Waals surface area contributed by atoms with Crippen molar-refractivity contribution in [2.24, 2.45) is 5.73 Å². The minimum atomic E-state index is 0.337. The number of thiocarbonyl (C=S) groups is 1. The molecule has 5 nitrogen and oxygen atoms in total. The fourth-order valence-electron chi connectivity index (χ4n) is 1.43. The van der Waals surface area contributed by atoms with Gasteiger partial charge in [0.15, 0.2) is 5.76 Å². The molecule has 2 heterocycles. The SMILES string of the molecule is Cc1cc(CNc2cnccc2C(N)=S)on1. The topological polar surface area (TPSA) is 77.0 Å². The van der Waals surface area contributed by atoms with E-state index < -0.39 is 0 Å². The van der Waals surface area contributed by atoms with Crippen LogP contribution < -0.4 is 11.1 Å². The molecule has 0 saturated heterocycles. The number of rotatable bonds is 4. The van der Waals surface area contributed by atoms with Crippen LogP contribution in [-0.2, 0) is 6.54 Å². The molecule has 88 valence electrons. The zero-order valence-electron chi connectivity index (χ0n) is 9.30. The van der Waals surface area contributed by atoms with E-state index in [1.54, 1.807) is 18.5 Å². The molecule has 0 bridgehead atoms. The van der Waals surface area contributed by atoms with Gasteiger partial charge in [0.2, 0.25) is 0 Å². The van der Waals surface area contributed by atoms with Crippen molar-refractivity contribution in [2.75, 3.05) is 5.32 Å². The van der Waals surface area contributed by atoms with Crippen molar-refractivity contribution in [3.8, 4) is 0 Å². The van der Waals surface area contributed by atoms with Crippen LogP contribution in [-0.4, -0.2) is 15.1 Å². The van der Waals surface area contributed by atoms with Gasteiger partial charge in [-0.2, -0.15) is 0 Å². The summed E-state index contributed by atoms with van der Waals surface area (Å²) >= 11 is 4.96. The molecule has 2 aromatic heterocycles. The molecule has 17 heavy (non-hydrogen) atoms. The van der Waals surface area contributed by atoms with Gasteiger partial charge in [0.05, 0.1) is 24.1 Å². The highest BCUT2D eigenvalue weighted by Gasteiger charge is 2.06. The molecule has 0 unspecified atom stereocenters. The molecule has 0 radical (unpaired) electrons. The van der Waals surface area contributed by atoms with Crippen LogP contribution in [0, 0.1) is 6.92 Å². The van der Waals surface area contributed by atoms with Gasteiger partial charge in [0, 0.05) is 17.8 Å². The van der Waals surface area contributed by atoms with Gasteiger partial charge in [-0.1, -0.05) is 17.4 Å². The number of hydrogen-bond acceptors (Lipinski definition) is 5. The molecule has 0 atom stereocenters. The molecule has 2 rings (SSSR count). The Hall–Kier alpha value is -1.95. The molecule has 0 aliphatic rings. The number of hydrogen-bond donors (Lipinski definition) is 2. The van der Waals surface area contributed by atoms with E-state index in [1.165, 1.54) is 0 Å². The lowest BCUT2D eigenvalue weighted by Crippen LogP contribution is -2.13. The Morgan fingerprint density at radius 3 is 3.06 bits per heavy atom. The van der Waals surface area contributed by atoms with Crippen LogP contribution in [0.2, 0.25) is 0 Å². The van der Waals surface area contributed by atoms with E-state index >= 15 is 0 Å². The Labute approximate surface area is 104 Å². The minimum Gasteiger partial charge on any atom is -0.389 e. The smallest absolute Gasteiger partial charge is 0.156 e. The number of aromatic nitrogens is 2. The molecule has 0 aromatic carbocycles. The number of nitrogens with one attached hydrogen (secondary N) is 1. The summed E-state index contributed by atoms with van der Waals surface area (Å²) in [6.45, 7) is 2.39. The van der Waals surface area contributed by atoms with Crippen molar-refractivity contribution in [1.82, 2.24) is 10.1 Å². The Kier molecular flexibility index (Phi) is 3.34. The molecule has 0 fully saturated rings. The summed E-state index contributed by atoms with van der Waals surface area (Å²) in [6, 6.07) is 3.64. The van der Waals surface area contributed by atoms with Crippen molar-refractivity contribution in [2.45, 2.75) is 13.5 Å². The van der Waals surface area contributed by atoms with Crippen LogP contribution in [0.1, 0.15) is 17.0 Å². The molecule has 0 aliphatic carbocycles. The second-order valence-corrected chi connectivity index (χ2v) is 4.01. The van der Waals surface area contributed by atoms with Gasteiger partial charge in [0.25, 0.3) is 0 Å². The van der Waals surface area contributed by atoms with Gasteiger partial charge in [-0.25, -0.2) is 0 Å². The lowest BCUT2D eigenvalue weighted by molar-refractivity contribution is 0.384. The second-order valence-electron chi connectivity index (χ2n) is 3.57. The molecule has 0 saturated carbocycles. The molecule has 0 spiro atoms. The summed E-state index contributed by atoms with van der Waals surface area (Å²) < 4.78 is 5.09. The van der Waals surface area contributed by atoms with Gasteiger partial charge in [0.1, 0.15) is 4.99 Å². The normalized spacial score (nSPS) is 10.2. The first-order chi connectivity index (χ1) is 8.16. The first-order valence-electron chi connectivity index (χ1n) is 5.06. The van der Waals surface area contributed by atoms with Crippen LogP contribution in [0.4, 0.5) is 5.69 Å². The van der Waals surface area contributed by atoms with Crippen LogP contribution in [0.3, 0.4) is 0 Å². The van der Waals surface area contributed by atoms with E-state index in [4.69, 9.17) is 22.5 Å². The fraction of sp³-hybridized carbons (Fsp3) is 0.182. The third kappa shape index (κ3) is 2.79. The average molecular weight is 248 g/mol. The van der Waals surface area contributed by atoms with Crippen LogP contribution in [0.15, 0.2) is 29.0 Å². The standard InChI is InChI=1S/C11H12N4OS/c1-7-4-8(16-15-7)5-14-10-6-13-3-2-9(10)11(12)17/h2-4,6,14H,5H2,1H3,(H2,12,17). The predicted molar refractivity (Wildman–Crippen MR) is 68.7 cm³/mol. The highest BCUT2D eigenvalue weighted by atomic mass is 32.1. The summed E-state index contributed by atoms with van der Waals surface area (Å²) in [5.74, 6) is 0.750. The van der Waals surface area contributed by atoms with Crippen LogP contribution in [0.5, 0.6) is 0 Å². The second kappa shape index (κ2) is 4.92. The highest BCUT2D eigenvalue weighted by molar-refractivity contribution is 7.80. The zero-order chi connectivity index (χ0) is 12.3. The minimum absolute atomic E-state index is 0.337. The van der Waals surface area contributed by atoms with Crippen molar-refractivity contribution in [3.05, 3.63) is 41.5 Å². The van der Waals surface area contributed by atoms with Gasteiger partial charge in [-0.3, -0.25) is 4.98 Å². The molecular formula is C11H12N4OS. The van der Waals surface area contributed by atoms with E-state index in [9.17, 15) is 0 Å². The lowest BCUT2D eigenvalue weighted by atomic mass is 10.2. The summed E-state index contributed by atoms with van der Waals surface area (Å²) in [5, 5.41) is 6.97. The van der Waals surface area contributed by atoms with E-state index in [0.717, 1.165) is 22.7 Å². The maximum absolute atomic E-state index is 5.62. The number of nitrogens with two attached hydrogens (primary N) is 1. The number of pyridine rings is 1. The summed E-state index contributed by atoms with van der Waals surface area (Å²) in [7, 11) is 0. The highest BCUT2D eigenvalue weighted by Crippen LogP contribution is 2.14. The summed E-state index contributed by atoms with van der Waals surface area (Å²) in [5.41, 5.74) is 8.02. The Bertz CT molecular complexity index is 538. The third-order valence-electron chi connectivity index (χ3n) is 2.22. The Morgan fingerprint density at radius 2 is 2.41 bits per heavy atom. The first-order valence-corrected chi connectivity index (χ1v) is 5.47. The van der Waals surface area contributed by atoms with Crippen molar-refractivity contribution in [3.63, 3.8) is 0 Å². The van der Waals surface area contributed by atoms with Crippen LogP contribution in [0.25, 0.3) is 0 Å². The van der Waals surface area contributed by atoms with Gasteiger partial charge in [-0.15, -0.1) is 0 Å².